The summed E-state index contributed by atoms with van der Waals surface area (Å²) in [5, 5.41) is 9.53. The zero-order valence-corrected chi connectivity index (χ0v) is 12.5. The third kappa shape index (κ3) is 4.88. The molecule has 1 unspecified atom stereocenters. The summed E-state index contributed by atoms with van der Waals surface area (Å²) >= 11 is 0. The van der Waals surface area contributed by atoms with Gasteiger partial charge in [0.05, 0.1) is 6.10 Å². The van der Waals surface area contributed by atoms with E-state index in [9.17, 15) is 5.11 Å². The normalized spacial score (nSPS) is 12.1. The Morgan fingerprint density at radius 1 is 1.14 bits per heavy atom. The molecule has 0 bridgehead atoms. The molecule has 3 heteroatoms. The van der Waals surface area contributed by atoms with Crippen LogP contribution in [0.3, 0.4) is 0 Å². The van der Waals surface area contributed by atoms with Crippen LogP contribution in [-0.2, 0) is 13.0 Å². The average molecular weight is 285 g/mol. The van der Waals surface area contributed by atoms with E-state index in [2.05, 4.69) is 25.1 Å². The van der Waals surface area contributed by atoms with Gasteiger partial charge < -0.3 is 15.6 Å². The van der Waals surface area contributed by atoms with Crippen LogP contribution in [0.25, 0.3) is 0 Å². The van der Waals surface area contributed by atoms with Gasteiger partial charge in [-0.1, -0.05) is 36.4 Å². The van der Waals surface area contributed by atoms with E-state index in [4.69, 9.17) is 10.5 Å². The second-order valence-corrected chi connectivity index (χ2v) is 5.29. The Morgan fingerprint density at radius 2 is 1.90 bits per heavy atom. The first kappa shape index (κ1) is 15.5. The Morgan fingerprint density at radius 3 is 2.57 bits per heavy atom. The molecule has 0 aliphatic rings. The first-order valence-corrected chi connectivity index (χ1v) is 7.33. The van der Waals surface area contributed by atoms with Crippen LogP contribution in [0.15, 0.2) is 48.5 Å². The lowest BCUT2D eigenvalue weighted by Gasteiger charge is -2.12. The number of aliphatic hydroxyl groups excluding tert-OH is 1. The lowest BCUT2D eigenvalue weighted by Crippen LogP contribution is -2.20. The van der Waals surface area contributed by atoms with Gasteiger partial charge in [0, 0.05) is 6.54 Å². The summed E-state index contributed by atoms with van der Waals surface area (Å²) in [6.45, 7) is 2.96. The van der Waals surface area contributed by atoms with Gasteiger partial charge in [-0.3, -0.25) is 0 Å². The minimum Gasteiger partial charge on any atom is -0.489 e. The van der Waals surface area contributed by atoms with Gasteiger partial charge in [-0.25, -0.2) is 0 Å². The number of benzene rings is 2. The van der Waals surface area contributed by atoms with Crippen molar-refractivity contribution in [2.75, 3.05) is 6.54 Å². The zero-order valence-electron chi connectivity index (χ0n) is 12.5. The average Bonchev–Trinajstić information content (AvgIpc) is 2.52. The summed E-state index contributed by atoms with van der Waals surface area (Å²) in [6, 6.07) is 16.2. The van der Waals surface area contributed by atoms with Crippen molar-refractivity contribution in [3.8, 4) is 5.75 Å². The SMILES string of the molecule is Cc1cc(OCc2ccccc2)ccc1CCC(O)CN. The smallest absolute Gasteiger partial charge is 0.120 e. The summed E-state index contributed by atoms with van der Waals surface area (Å²) in [5.74, 6) is 0.875. The van der Waals surface area contributed by atoms with Crippen LogP contribution in [0.4, 0.5) is 0 Å². The van der Waals surface area contributed by atoms with Crippen molar-refractivity contribution in [1.82, 2.24) is 0 Å². The summed E-state index contributed by atoms with van der Waals surface area (Å²) in [4.78, 5) is 0. The van der Waals surface area contributed by atoms with Gasteiger partial charge in [0.1, 0.15) is 12.4 Å². The molecule has 0 aliphatic heterocycles. The minimum atomic E-state index is -0.418. The molecule has 0 spiro atoms. The van der Waals surface area contributed by atoms with Crippen molar-refractivity contribution in [3.63, 3.8) is 0 Å². The van der Waals surface area contributed by atoms with E-state index in [1.165, 1.54) is 11.1 Å². The Hall–Kier alpha value is -1.84. The van der Waals surface area contributed by atoms with E-state index >= 15 is 0 Å². The summed E-state index contributed by atoms with van der Waals surface area (Å²) < 4.78 is 5.81. The second-order valence-electron chi connectivity index (χ2n) is 5.29. The third-order valence-electron chi connectivity index (χ3n) is 3.58. The standard InChI is InChI=1S/C18H23NO2/c1-14-11-18(21-13-15-5-3-2-4-6-15)10-8-16(14)7-9-17(20)12-19/h2-6,8,10-11,17,20H,7,9,12-13,19H2,1H3. The largest absolute Gasteiger partial charge is 0.489 e. The van der Waals surface area contributed by atoms with E-state index in [1.807, 2.05) is 30.3 Å². The fourth-order valence-corrected chi connectivity index (χ4v) is 2.22. The predicted molar refractivity (Wildman–Crippen MR) is 85.3 cm³/mol. The van der Waals surface area contributed by atoms with E-state index in [-0.39, 0.29) is 0 Å². The van der Waals surface area contributed by atoms with E-state index in [0.717, 1.165) is 17.7 Å². The maximum Gasteiger partial charge on any atom is 0.120 e. The van der Waals surface area contributed by atoms with Crippen molar-refractivity contribution < 1.29 is 9.84 Å². The molecule has 112 valence electrons. The molecule has 2 aromatic carbocycles. The van der Waals surface area contributed by atoms with Crippen molar-refractivity contribution in [1.29, 1.82) is 0 Å². The molecule has 0 saturated carbocycles. The van der Waals surface area contributed by atoms with Crippen molar-refractivity contribution in [2.24, 2.45) is 5.73 Å². The van der Waals surface area contributed by atoms with Gasteiger partial charge in [0.15, 0.2) is 0 Å². The van der Waals surface area contributed by atoms with Crippen LogP contribution in [0.5, 0.6) is 5.75 Å². The topological polar surface area (TPSA) is 55.5 Å². The van der Waals surface area contributed by atoms with Gasteiger partial charge >= 0.3 is 0 Å². The van der Waals surface area contributed by atoms with Crippen molar-refractivity contribution in [2.45, 2.75) is 32.5 Å². The van der Waals surface area contributed by atoms with Crippen LogP contribution in [-0.4, -0.2) is 17.8 Å². The predicted octanol–water partition coefficient (Wildman–Crippen LogP) is 2.83. The van der Waals surface area contributed by atoms with Crippen LogP contribution in [0.2, 0.25) is 0 Å². The first-order chi connectivity index (χ1) is 10.2. The molecule has 0 fully saturated rings. The highest BCUT2D eigenvalue weighted by Crippen LogP contribution is 2.20. The van der Waals surface area contributed by atoms with Crippen LogP contribution in [0.1, 0.15) is 23.1 Å². The molecule has 3 N–H and O–H groups in total. The Bertz CT molecular complexity index is 554. The number of hydrogen-bond donors (Lipinski definition) is 2. The number of hydrogen-bond acceptors (Lipinski definition) is 3. The van der Waals surface area contributed by atoms with E-state index < -0.39 is 6.10 Å². The fourth-order valence-electron chi connectivity index (χ4n) is 2.22. The number of rotatable bonds is 7. The molecule has 0 aliphatic carbocycles. The fraction of sp³-hybridized carbons (Fsp3) is 0.333. The lowest BCUT2D eigenvalue weighted by molar-refractivity contribution is 0.173. The summed E-state index contributed by atoms with van der Waals surface area (Å²) in [7, 11) is 0. The quantitative estimate of drug-likeness (QED) is 0.822. The summed E-state index contributed by atoms with van der Waals surface area (Å²) in [6.07, 6.45) is 1.11. The third-order valence-corrected chi connectivity index (χ3v) is 3.58. The Labute approximate surface area is 126 Å². The summed E-state index contributed by atoms with van der Waals surface area (Å²) in [5.41, 5.74) is 9.00. The number of aryl methyl sites for hydroxylation is 2. The molecule has 0 aromatic heterocycles. The van der Waals surface area contributed by atoms with Crippen molar-refractivity contribution >= 4 is 0 Å². The van der Waals surface area contributed by atoms with Crippen LogP contribution >= 0.6 is 0 Å². The molecule has 21 heavy (non-hydrogen) atoms. The van der Waals surface area contributed by atoms with Crippen molar-refractivity contribution in [3.05, 3.63) is 65.2 Å². The maximum absolute atomic E-state index is 9.53. The van der Waals surface area contributed by atoms with Gasteiger partial charge in [-0.05, 0) is 48.6 Å². The Kier molecular flexibility index (Phi) is 5.78. The van der Waals surface area contributed by atoms with E-state index in [1.54, 1.807) is 0 Å². The molecule has 0 amide bonds. The number of aliphatic hydroxyl groups is 1. The highest BCUT2D eigenvalue weighted by atomic mass is 16.5. The molecule has 0 heterocycles. The highest BCUT2D eigenvalue weighted by Gasteiger charge is 2.05. The van der Waals surface area contributed by atoms with Crippen LogP contribution in [0, 0.1) is 6.92 Å². The minimum absolute atomic E-state index is 0.317. The Balaban J connectivity index is 1.92. The monoisotopic (exact) mass is 285 g/mol. The van der Waals surface area contributed by atoms with Gasteiger partial charge in [-0.15, -0.1) is 0 Å². The molecule has 3 nitrogen and oxygen atoms in total. The molecular formula is C18H23NO2. The van der Waals surface area contributed by atoms with Gasteiger partial charge in [0.25, 0.3) is 0 Å². The lowest BCUT2D eigenvalue weighted by atomic mass is 10.0. The van der Waals surface area contributed by atoms with Gasteiger partial charge in [-0.2, -0.15) is 0 Å². The molecular weight excluding hydrogens is 262 g/mol. The molecule has 0 saturated heterocycles. The number of nitrogens with two attached hydrogens (primary N) is 1. The molecule has 2 aromatic rings. The highest BCUT2D eigenvalue weighted by molar-refractivity contribution is 5.35. The van der Waals surface area contributed by atoms with E-state index in [0.29, 0.717) is 19.6 Å². The number of ether oxygens (including phenoxy) is 1. The molecule has 0 radical (unpaired) electrons. The van der Waals surface area contributed by atoms with Crippen LogP contribution < -0.4 is 10.5 Å². The first-order valence-electron chi connectivity index (χ1n) is 7.33. The van der Waals surface area contributed by atoms with Gasteiger partial charge in [0.2, 0.25) is 0 Å². The molecule has 2 rings (SSSR count). The molecule has 1 atom stereocenters. The zero-order chi connectivity index (χ0) is 15.1. The maximum atomic E-state index is 9.53. The second kappa shape index (κ2) is 7.81.